The number of hydrogen-bond acceptors (Lipinski definition) is 2. The molecule has 0 saturated heterocycles. The number of ether oxygens (including phenoxy) is 1. The summed E-state index contributed by atoms with van der Waals surface area (Å²) in [6, 6.07) is 0. The van der Waals surface area contributed by atoms with E-state index in [1.54, 1.807) is 0 Å². The molecule has 0 saturated carbocycles. The van der Waals surface area contributed by atoms with E-state index in [1.807, 2.05) is 26.8 Å². The molecule has 80 valence electrons. The topological polar surface area (TPSA) is 46.5 Å². The van der Waals surface area contributed by atoms with E-state index in [0.717, 1.165) is 6.42 Å². The highest BCUT2D eigenvalue weighted by molar-refractivity contribution is 5.86. The number of rotatable bonds is 3. The van der Waals surface area contributed by atoms with Crippen LogP contribution in [0.5, 0.6) is 0 Å². The zero-order valence-electron chi connectivity index (χ0n) is 9.04. The monoisotopic (exact) mass is 198 g/mol. The Hall–Kier alpha value is -0.830. The molecule has 0 aromatic rings. The summed E-state index contributed by atoms with van der Waals surface area (Å²) in [7, 11) is 0. The quantitative estimate of drug-likeness (QED) is 0.756. The lowest BCUT2D eigenvalue weighted by atomic mass is 9.77. The van der Waals surface area contributed by atoms with Crippen molar-refractivity contribution in [3.8, 4) is 0 Å². The number of carboxylic acids is 1. The highest BCUT2D eigenvalue weighted by atomic mass is 16.5. The van der Waals surface area contributed by atoms with Gasteiger partial charge in [-0.1, -0.05) is 19.9 Å². The van der Waals surface area contributed by atoms with E-state index in [0.29, 0.717) is 18.6 Å². The normalized spacial score (nSPS) is 25.6. The second kappa shape index (κ2) is 4.13. The van der Waals surface area contributed by atoms with E-state index in [4.69, 9.17) is 9.84 Å². The molecule has 0 amide bonds. The van der Waals surface area contributed by atoms with Crippen molar-refractivity contribution in [2.45, 2.75) is 39.7 Å². The maximum atomic E-state index is 10.8. The van der Waals surface area contributed by atoms with Gasteiger partial charge in [0.05, 0.1) is 6.10 Å². The molecule has 1 N–H and O–H groups in total. The average Bonchev–Trinajstić information content (AvgIpc) is 2.08. The molecule has 0 heterocycles. The Morgan fingerprint density at radius 3 is 2.79 bits per heavy atom. The van der Waals surface area contributed by atoms with Gasteiger partial charge in [0.15, 0.2) is 0 Å². The van der Waals surface area contributed by atoms with Crippen molar-refractivity contribution in [1.29, 1.82) is 0 Å². The first-order valence-electron chi connectivity index (χ1n) is 5.04. The van der Waals surface area contributed by atoms with Crippen LogP contribution < -0.4 is 0 Å². The molecular formula is C11H18O3. The van der Waals surface area contributed by atoms with Crippen LogP contribution in [0.1, 0.15) is 33.6 Å². The van der Waals surface area contributed by atoms with Crippen LogP contribution in [-0.4, -0.2) is 23.8 Å². The summed E-state index contributed by atoms with van der Waals surface area (Å²) in [4.78, 5) is 10.8. The third-order valence-corrected chi connectivity index (χ3v) is 2.69. The first kappa shape index (κ1) is 11.2. The molecule has 3 heteroatoms. The standard InChI is InChI=1S/C11H18O3/c1-4-14-9-6-5-8(10(12)13)7-11(9,2)3/h7,9H,4-6H2,1-3H3,(H,12,13). The van der Waals surface area contributed by atoms with Gasteiger partial charge in [0, 0.05) is 17.6 Å². The fraction of sp³-hybridized carbons (Fsp3) is 0.727. The van der Waals surface area contributed by atoms with Gasteiger partial charge >= 0.3 is 5.97 Å². The molecule has 14 heavy (non-hydrogen) atoms. The highest BCUT2D eigenvalue weighted by Crippen LogP contribution is 2.35. The molecule has 1 atom stereocenters. The third kappa shape index (κ3) is 2.35. The SMILES string of the molecule is CCOC1CCC(C(=O)O)=CC1(C)C. The second-order valence-corrected chi connectivity index (χ2v) is 4.28. The Balaban J connectivity index is 2.80. The maximum absolute atomic E-state index is 10.8. The van der Waals surface area contributed by atoms with Crippen molar-refractivity contribution in [2.24, 2.45) is 5.41 Å². The maximum Gasteiger partial charge on any atom is 0.331 e. The van der Waals surface area contributed by atoms with E-state index in [1.165, 1.54) is 0 Å². The van der Waals surface area contributed by atoms with Gasteiger partial charge in [-0.2, -0.15) is 0 Å². The van der Waals surface area contributed by atoms with Crippen molar-refractivity contribution in [2.75, 3.05) is 6.61 Å². The summed E-state index contributed by atoms with van der Waals surface area (Å²) in [5, 5.41) is 8.88. The van der Waals surface area contributed by atoms with Gasteiger partial charge < -0.3 is 9.84 Å². The lowest BCUT2D eigenvalue weighted by Crippen LogP contribution is -2.34. The Bertz CT molecular complexity index is 253. The Morgan fingerprint density at radius 2 is 2.36 bits per heavy atom. The largest absolute Gasteiger partial charge is 0.478 e. The van der Waals surface area contributed by atoms with Gasteiger partial charge in [0.1, 0.15) is 0 Å². The molecule has 1 unspecified atom stereocenters. The van der Waals surface area contributed by atoms with Gasteiger partial charge in [0.2, 0.25) is 0 Å². The first-order chi connectivity index (χ1) is 6.47. The van der Waals surface area contributed by atoms with Crippen molar-refractivity contribution in [1.82, 2.24) is 0 Å². The van der Waals surface area contributed by atoms with E-state index >= 15 is 0 Å². The minimum absolute atomic E-state index is 0.149. The summed E-state index contributed by atoms with van der Waals surface area (Å²) in [6.07, 6.45) is 3.40. The van der Waals surface area contributed by atoms with Crippen LogP contribution in [0.4, 0.5) is 0 Å². The molecule has 0 aromatic heterocycles. The lowest BCUT2D eigenvalue weighted by Gasteiger charge is -2.35. The second-order valence-electron chi connectivity index (χ2n) is 4.28. The zero-order chi connectivity index (χ0) is 10.8. The summed E-state index contributed by atoms with van der Waals surface area (Å²) >= 11 is 0. The van der Waals surface area contributed by atoms with Crippen LogP contribution in [-0.2, 0) is 9.53 Å². The van der Waals surface area contributed by atoms with Crippen LogP contribution in [0.15, 0.2) is 11.6 Å². The predicted molar refractivity (Wildman–Crippen MR) is 54.1 cm³/mol. The molecular weight excluding hydrogens is 180 g/mol. The number of hydrogen-bond donors (Lipinski definition) is 1. The molecule has 1 aliphatic rings. The molecule has 0 fully saturated rings. The van der Waals surface area contributed by atoms with Crippen molar-refractivity contribution < 1.29 is 14.6 Å². The fourth-order valence-electron chi connectivity index (χ4n) is 1.94. The molecule has 0 aromatic carbocycles. The van der Waals surface area contributed by atoms with Crippen molar-refractivity contribution in [3.05, 3.63) is 11.6 Å². The molecule has 3 nitrogen and oxygen atoms in total. The molecule has 0 radical (unpaired) electrons. The summed E-state index contributed by atoms with van der Waals surface area (Å²) in [5.41, 5.74) is 0.355. The zero-order valence-corrected chi connectivity index (χ0v) is 9.04. The molecule has 0 spiro atoms. The smallest absolute Gasteiger partial charge is 0.331 e. The lowest BCUT2D eigenvalue weighted by molar-refractivity contribution is -0.133. The first-order valence-corrected chi connectivity index (χ1v) is 5.04. The Kier molecular flexibility index (Phi) is 3.32. The van der Waals surface area contributed by atoms with Gasteiger partial charge in [-0.15, -0.1) is 0 Å². The summed E-state index contributed by atoms with van der Waals surface area (Å²) in [6.45, 7) is 6.70. The molecule has 0 bridgehead atoms. The van der Waals surface area contributed by atoms with Crippen LogP contribution in [0.3, 0.4) is 0 Å². The van der Waals surface area contributed by atoms with Gasteiger partial charge in [-0.3, -0.25) is 0 Å². The highest BCUT2D eigenvalue weighted by Gasteiger charge is 2.33. The third-order valence-electron chi connectivity index (χ3n) is 2.69. The average molecular weight is 198 g/mol. The van der Waals surface area contributed by atoms with E-state index < -0.39 is 5.97 Å². The Morgan fingerprint density at radius 1 is 1.71 bits per heavy atom. The van der Waals surface area contributed by atoms with Crippen LogP contribution in [0, 0.1) is 5.41 Å². The van der Waals surface area contributed by atoms with Gasteiger partial charge in [0.25, 0.3) is 0 Å². The van der Waals surface area contributed by atoms with Crippen LogP contribution in [0.25, 0.3) is 0 Å². The number of aliphatic carboxylic acids is 1. The predicted octanol–water partition coefficient (Wildman–Crippen LogP) is 2.22. The Labute approximate surface area is 84.8 Å². The van der Waals surface area contributed by atoms with E-state index in [9.17, 15) is 4.79 Å². The minimum atomic E-state index is -0.798. The molecule has 1 aliphatic carbocycles. The fourth-order valence-corrected chi connectivity index (χ4v) is 1.94. The van der Waals surface area contributed by atoms with Gasteiger partial charge in [-0.05, 0) is 19.8 Å². The summed E-state index contributed by atoms with van der Waals surface area (Å²) in [5.74, 6) is -0.798. The minimum Gasteiger partial charge on any atom is -0.478 e. The number of carboxylic acid groups (broad SMARTS) is 1. The van der Waals surface area contributed by atoms with Crippen LogP contribution in [0.2, 0.25) is 0 Å². The number of carbonyl (C=O) groups is 1. The van der Waals surface area contributed by atoms with Crippen molar-refractivity contribution >= 4 is 5.97 Å². The summed E-state index contributed by atoms with van der Waals surface area (Å²) < 4.78 is 5.59. The van der Waals surface area contributed by atoms with Gasteiger partial charge in [-0.25, -0.2) is 4.79 Å². The van der Waals surface area contributed by atoms with Crippen LogP contribution >= 0.6 is 0 Å². The molecule has 0 aliphatic heterocycles. The van der Waals surface area contributed by atoms with E-state index in [-0.39, 0.29) is 11.5 Å². The van der Waals surface area contributed by atoms with E-state index in [2.05, 4.69) is 0 Å². The molecule has 1 rings (SSSR count). The van der Waals surface area contributed by atoms with Crippen molar-refractivity contribution in [3.63, 3.8) is 0 Å².